The van der Waals surface area contributed by atoms with Gasteiger partial charge in [0.1, 0.15) is 0 Å². The average Bonchev–Trinajstić information content (AvgIpc) is 3.33. The Labute approximate surface area is 190 Å². The van der Waals surface area contributed by atoms with Gasteiger partial charge in [0.2, 0.25) is 0 Å². The summed E-state index contributed by atoms with van der Waals surface area (Å²) in [5, 5.41) is 2.64. The van der Waals surface area contributed by atoms with Gasteiger partial charge in [0.15, 0.2) is 0 Å². The van der Waals surface area contributed by atoms with Crippen LogP contribution in [-0.4, -0.2) is 4.57 Å². The Bertz CT molecular complexity index is 1090. The zero-order valence-electron chi connectivity index (χ0n) is 15.9. The summed E-state index contributed by atoms with van der Waals surface area (Å²) in [6.45, 7) is 4.59. The fourth-order valence-corrected chi connectivity index (χ4v) is 8.43. The Kier molecular flexibility index (Phi) is 6.55. The molecule has 0 N–H and O–H groups in total. The second kappa shape index (κ2) is 8.58. The molecule has 28 heavy (non-hydrogen) atoms. The number of nitrogens with zero attached hydrogens (tertiary/aromatic N) is 1. The van der Waals surface area contributed by atoms with Crippen LogP contribution in [0.1, 0.15) is 35.0 Å². The van der Waals surface area contributed by atoms with E-state index in [4.69, 9.17) is 0 Å². The Morgan fingerprint density at radius 2 is 1.54 bits per heavy atom. The number of halogens is 2. The molecule has 2 aromatic carbocycles. The smallest absolute Gasteiger partial charge is 1.00 e. The first kappa shape index (κ1) is 21.4. The average molecular weight is 486 g/mol. The molecule has 1 atom stereocenters. The van der Waals surface area contributed by atoms with E-state index < -0.39 is 23.2 Å². The van der Waals surface area contributed by atoms with E-state index in [1.807, 2.05) is 0 Å². The largest absolute Gasteiger partial charge is 1.00 e. The van der Waals surface area contributed by atoms with E-state index >= 15 is 0 Å². The van der Waals surface area contributed by atoms with Crippen molar-refractivity contribution in [2.24, 2.45) is 0 Å². The summed E-state index contributed by atoms with van der Waals surface area (Å²) in [6, 6.07) is 17.7. The molecule has 1 unspecified atom stereocenters. The number of benzene rings is 2. The van der Waals surface area contributed by atoms with Crippen molar-refractivity contribution in [1.29, 1.82) is 0 Å². The van der Waals surface area contributed by atoms with Crippen LogP contribution in [0.5, 0.6) is 0 Å². The number of aromatic nitrogens is 1. The van der Waals surface area contributed by atoms with Gasteiger partial charge in [-0.15, -0.1) is 0 Å². The van der Waals surface area contributed by atoms with E-state index in [1.54, 1.807) is 8.85 Å². The molecular formula is C24H21Cl2NZr. The van der Waals surface area contributed by atoms with Gasteiger partial charge in [0.05, 0.1) is 0 Å². The normalized spacial score (nSPS) is 17.4. The zero-order chi connectivity index (χ0) is 17.7. The molecule has 0 radical (unpaired) electrons. The molecule has 2 aliphatic carbocycles. The predicted molar refractivity (Wildman–Crippen MR) is 106 cm³/mol. The number of fused-ring (bicyclic) bond motifs is 2. The van der Waals surface area contributed by atoms with Crippen molar-refractivity contribution < 1.29 is 48.0 Å². The summed E-state index contributed by atoms with van der Waals surface area (Å²) in [7, 11) is 0. The van der Waals surface area contributed by atoms with E-state index in [-0.39, 0.29) is 24.8 Å². The van der Waals surface area contributed by atoms with E-state index in [2.05, 4.69) is 91.5 Å². The molecule has 5 rings (SSSR count). The van der Waals surface area contributed by atoms with Crippen LogP contribution in [0.25, 0.3) is 22.5 Å². The quantitative estimate of drug-likeness (QED) is 0.507. The van der Waals surface area contributed by atoms with Gasteiger partial charge in [0.25, 0.3) is 0 Å². The number of hydrogen-bond acceptors (Lipinski definition) is 0. The molecular weight excluding hydrogens is 464 g/mol. The van der Waals surface area contributed by atoms with E-state index in [0.29, 0.717) is 3.63 Å². The van der Waals surface area contributed by atoms with Crippen molar-refractivity contribution >= 4 is 22.5 Å². The Hall–Kier alpha value is -1.34. The van der Waals surface area contributed by atoms with Crippen molar-refractivity contribution in [2.45, 2.75) is 23.9 Å². The van der Waals surface area contributed by atoms with Gasteiger partial charge in [-0.25, -0.2) is 0 Å². The summed E-state index contributed by atoms with van der Waals surface area (Å²) in [5.41, 5.74) is 7.48. The van der Waals surface area contributed by atoms with Gasteiger partial charge in [-0.3, -0.25) is 0 Å². The van der Waals surface area contributed by atoms with E-state index in [1.165, 1.54) is 39.6 Å². The van der Waals surface area contributed by atoms with Gasteiger partial charge in [-0.05, 0) is 0 Å². The Morgan fingerprint density at radius 3 is 2.18 bits per heavy atom. The molecule has 0 bridgehead atoms. The third-order valence-corrected chi connectivity index (χ3v) is 10.2. The van der Waals surface area contributed by atoms with E-state index in [9.17, 15) is 0 Å². The minimum atomic E-state index is -0.753. The van der Waals surface area contributed by atoms with Crippen molar-refractivity contribution in [3.63, 3.8) is 0 Å². The van der Waals surface area contributed by atoms with Crippen LogP contribution < -0.4 is 24.8 Å². The van der Waals surface area contributed by atoms with Crippen LogP contribution >= 0.6 is 0 Å². The standard InChI is InChI=1S/C17H12N.C7H9.2ClH.Zr/c1-2-6-14-10-17(9-13(14)5-1)18-11-15-7-3-4-8-16(15)12-18;1-6-4-3-5-7(6)2;;;/h1-12H;4H,3H2,1-2H3;2*1H;/q;;;;+2/p-2. The summed E-state index contributed by atoms with van der Waals surface area (Å²) in [4.78, 5) is 0. The van der Waals surface area contributed by atoms with Crippen molar-refractivity contribution in [3.05, 3.63) is 92.6 Å². The van der Waals surface area contributed by atoms with Crippen LogP contribution in [0, 0.1) is 0 Å². The van der Waals surface area contributed by atoms with Crippen LogP contribution in [0.2, 0.25) is 0 Å². The third-order valence-electron chi connectivity index (χ3n) is 5.73. The molecule has 0 amide bonds. The summed E-state index contributed by atoms with van der Waals surface area (Å²) >= 11 is -0.753. The molecule has 1 nitrogen and oxygen atoms in total. The third kappa shape index (κ3) is 3.63. The van der Waals surface area contributed by atoms with Crippen LogP contribution in [0.15, 0.2) is 81.4 Å². The molecule has 3 aromatic rings. The first-order valence-corrected chi connectivity index (χ1v) is 11.9. The number of rotatable bonds is 3. The molecule has 140 valence electrons. The molecule has 1 aromatic heterocycles. The maximum atomic E-state index is 2.42. The molecule has 0 fully saturated rings. The van der Waals surface area contributed by atoms with Gasteiger partial charge in [-0.1, -0.05) is 0 Å². The molecule has 2 aliphatic rings. The molecule has 4 heteroatoms. The predicted octanol–water partition coefficient (Wildman–Crippen LogP) is 0.409. The van der Waals surface area contributed by atoms with E-state index in [0.717, 1.165) is 0 Å². The molecule has 0 saturated heterocycles. The second-order valence-electron chi connectivity index (χ2n) is 7.26. The molecule has 0 aliphatic heterocycles. The summed E-state index contributed by atoms with van der Waals surface area (Å²) in [5.74, 6) is 0. The van der Waals surface area contributed by atoms with Crippen molar-refractivity contribution in [2.75, 3.05) is 0 Å². The maximum absolute atomic E-state index is 2.42. The Morgan fingerprint density at radius 1 is 0.893 bits per heavy atom. The minimum Gasteiger partial charge on any atom is -1.00 e. The molecule has 0 saturated carbocycles. The van der Waals surface area contributed by atoms with Crippen LogP contribution in [0.3, 0.4) is 0 Å². The molecule has 0 spiro atoms. The Balaban J connectivity index is 0.00000112. The van der Waals surface area contributed by atoms with Gasteiger partial charge in [0, 0.05) is 0 Å². The monoisotopic (exact) mass is 483 g/mol. The van der Waals surface area contributed by atoms with Crippen LogP contribution in [-0.2, 0) is 23.2 Å². The fourth-order valence-electron chi connectivity index (χ4n) is 4.06. The number of allylic oxidation sites excluding steroid dienone is 5. The maximum Gasteiger partial charge on any atom is -1.00 e. The number of hydrogen-bond donors (Lipinski definition) is 0. The van der Waals surface area contributed by atoms with Crippen LogP contribution in [0.4, 0.5) is 0 Å². The summed E-state index contributed by atoms with van der Waals surface area (Å²) in [6.07, 6.45) is 10.6. The first-order chi connectivity index (χ1) is 12.7. The molecule has 1 heterocycles. The SMILES string of the molecule is CC1=CC[C]([Zr+2][CH]2C(n3cc4ccccc4c3)=Cc3ccccc32)=C1C.[Cl-].[Cl-]. The second-order valence-corrected chi connectivity index (χ2v) is 10.9. The minimum absolute atomic E-state index is 0. The fraction of sp³-hybridized carbons (Fsp3) is 0.167. The summed E-state index contributed by atoms with van der Waals surface area (Å²) < 4.78 is 4.75. The van der Waals surface area contributed by atoms with Crippen molar-refractivity contribution in [3.8, 4) is 0 Å². The van der Waals surface area contributed by atoms with Gasteiger partial charge < -0.3 is 24.8 Å². The van der Waals surface area contributed by atoms with Gasteiger partial charge >= 0.3 is 167 Å². The zero-order valence-corrected chi connectivity index (χ0v) is 19.9. The van der Waals surface area contributed by atoms with Crippen molar-refractivity contribution in [1.82, 2.24) is 4.57 Å². The van der Waals surface area contributed by atoms with Gasteiger partial charge in [-0.2, -0.15) is 0 Å². The topological polar surface area (TPSA) is 4.93 Å². The first-order valence-electron chi connectivity index (χ1n) is 9.22.